The van der Waals surface area contributed by atoms with Gasteiger partial charge in [-0.2, -0.15) is 8.42 Å². The van der Waals surface area contributed by atoms with Gasteiger partial charge in [0.1, 0.15) is 0 Å². The Labute approximate surface area is 116 Å². The minimum Gasteiger partial charge on any atom is -0.327 e. The number of rotatable bonds is 3. The van der Waals surface area contributed by atoms with Gasteiger partial charge in [0.05, 0.1) is 11.0 Å². The van der Waals surface area contributed by atoms with Gasteiger partial charge < -0.3 is 4.98 Å². The summed E-state index contributed by atoms with van der Waals surface area (Å²) in [6, 6.07) is 15.4. The lowest BCUT2D eigenvalue weighted by Crippen LogP contribution is -1.99. The standard InChI is InChI=1S/C14H12N2O3S/c17-20(18,19)14-15-12-7-6-11(9-13(12)16-14)8-10-4-2-1-3-5-10/h1-7,9H,8H2,(H,15,16)(H,17,18,19). The van der Waals surface area contributed by atoms with Crippen molar-refractivity contribution in [1.29, 1.82) is 0 Å². The molecule has 0 bridgehead atoms. The summed E-state index contributed by atoms with van der Waals surface area (Å²) in [5.74, 6) is 0. The molecular formula is C14H12N2O3S. The van der Waals surface area contributed by atoms with Crippen LogP contribution in [0.4, 0.5) is 0 Å². The third-order valence-corrected chi connectivity index (χ3v) is 3.70. The molecule has 0 aliphatic rings. The number of hydrogen-bond acceptors (Lipinski definition) is 3. The maximum atomic E-state index is 11.0. The topological polar surface area (TPSA) is 83.1 Å². The summed E-state index contributed by atoms with van der Waals surface area (Å²) in [4.78, 5) is 6.45. The van der Waals surface area contributed by atoms with Crippen LogP contribution in [0.15, 0.2) is 53.7 Å². The Bertz CT molecular complexity index is 855. The Kier molecular flexibility index (Phi) is 3.04. The summed E-state index contributed by atoms with van der Waals surface area (Å²) in [6.07, 6.45) is 0.747. The van der Waals surface area contributed by atoms with Gasteiger partial charge in [0.25, 0.3) is 5.16 Å². The molecule has 0 amide bonds. The number of nitrogens with one attached hydrogen (secondary N) is 1. The van der Waals surface area contributed by atoms with Crippen molar-refractivity contribution in [3.8, 4) is 0 Å². The monoisotopic (exact) mass is 288 g/mol. The second-order valence-corrected chi connectivity index (χ2v) is 5.87. The Morgan fingerprint density at radius 2 is 1.80 bits per heavy atom. The molecule has 20 heavy (non-hydrogen) atoms. The van der Waals surface area contributed by atoms with Crippen molar-refractivity contribution < 1.29 is 13.0 Å². The van der Waals surface area contributed by atoms with E-state index in [4.69, 9.17) is 4.55 Å². The van der Waals surface area contributed by atoms with Crippen molar-refractivity contribution >= 4 is 21.2 Å². The van der Waals surface area contributed by atoms with Gasteiger partial charge in [-0.25, -0.2) is 4.98 Å². The average Bonchev–Trinajstić information content (AvgIpc) is 2.83. The molecule has 0 radical (unpaired) electrons. The maximum Gasteiger partial charge on any atom is 0.328 e. The zero-order valence-electron chi connectivity index (χ0n) is 10.4. The largest absolute Gasteiger partial charge is 0.328 e. The van der Waals surface area contributed by atoms with Gasteiger partial charge in [-0.1, -0.05) is 36.4 Å². The summed E-state index contributed by atoms with van der Waals surface area (Å²) in [5, 5.41) is -0.427. The van der Waals surface area contributed by atoms with E-state index in [2.05, 4.69) is 9.97 Å². The van der Waals surface area contributed by atoms with Crippen molar-refractivity contribution in [3.63, 3.8) is 0 Å². The van der Waals surface area contributed by atoms with Crippen LogP contribution in [0.5, 0.6) is 0 Å². The highest BCUT2D eigenvalue weighted by Gasteiger charge is 2.15. The first kappa shape index (κ1) is 12.8. The quantitative estimate of drug-likeness (QED) is 0.725. The van der Waals surface area contributed by atoms with Crippen molar-refractivity contribution in [1.82, 2.24) is 9.97 Å². The van der Waals surface area contributed by atoms with E-state index in [9.17, 15) is 8.42 Å². The zero-order chi connectivity index (χ0) is 14.2. The molecule has 102 valence electrons. The Balaban J connectivity index is 1.99. The lowest BCUT2D eigenvalue weighted by atomic mass is 10.0. The Hall–Kier alpha value is -2.18. The lowest BCUT2D eigenvalue weighted by molar-refractivity contribution is 0.476. The highest BCUT2D eigenvalue weighted by Crippen LogP contribution is 2.18. The van der Waals surface area contributed by atoms with E-state index in [1.54, 1.807) is 6.07 Å². The van der Waals surface area contributed by atoms with E-state index in [1.165, 1.54) is 5.56 Å². The molecule has 1 heterocycles. The Morgan fingerprint density at radius 1 is 1.05 bits per heavy atom. The first-order chi connectivity index (χ1) is 9.52. The summed E-state index contributed by atoms with van der Waals surface area (Å²) >= 11 is 0. The van der Waals surface area contributed by atoms with Gasteiger partial charge in [-0.3, -0.25) is 4.55 Å². The number of hydrogen-bond donors (Lipinski definition) is 2. The third-order valence-electron chi connectivity index (χ3n) is 3.02. The van der Waals surface area contributed by atoms with Crippen molar-refractivity contribution in [2.24, 2.45) is 0 Å². The summed E-state index contributed by atoms with van der Waals surface area (Å²) in [6.45, 7) is 0. The van der Waals surface area contributed by atoms with Crippen molar-refractivity contribution in [3.05, 3.63) is 59.7 Å². The number of nitrogens with zero attached hydrogens (tertiary/aromatic N) is 1. The van der Waals surface area contributed by atoms with Gasteiger partial charge in [-0.15, -0.1) is 0 Å². The van der Waals surface area contributed by atoms with Gasteiger partial charge >= 0.3 is 10.1 Å². The first-order valence-electron chi connectivity index (χ1n) is 6.02. The summed E-state index contributed by atoms with van der Waals surface area (Å²) in [5.41, 5.74) is 3.30. The normalized spacial score (nSPS) is 11.8. The molecule has 0 unspecified atom stereocenters. The number of fused-ring (bicyclic) bond motifs is 1. The highest BCUT2D eigenvalue weighted by atomic mass is 32.2. The fraction of sp³-hybridized carbons (Fsp3) is 0.0714. The van der Waals surface area contributed by atoms with Crippen LogP contribution in [0.1, 0.15) is 11.1 Å². The number of H-pyrrole nitrogens is 1. The predicted octanol–water partition coefficient (Wildman–Crippen LogP) is 2.40. The average molecular weight is 288 g/mol. The number of aromatic nitrogens is 2. The molecule has 2 aromatic carbocycles. The molecule has 0 saturated carbocycles. The molecule has 0 aliphatic carbocycles. The van der Waals surface area contributed by atoms with Crippen LogP contribution in [-0.2, 0) is 16.5 Å². The van der Waals surface area contributed by atoms with Gasteiger partial charge in [-0.05, 0) is 29.7 Å². The van der Waals surface area contributed by atoms with Crippen LogP contribution in [0.2, 0.25) is 0 Å². The van der Waals surface area contributed by atoms with Gasteiger partial charge in [0.15, 0.2) is 0 Å². The van der Waals surface area contributed by atoms with E-state index in [-0.39, 0.29) is 0 Å². The molecule has 1 aromatic heterocycles. The second-order valence-electron chi connectivity index (χ2n) is 4.53. The van der Waals surface area contributed by atoms with Crippen molar-refractivity contribution in [2.45, 2.75) is 11.6 Å². The number of benzene rings is 2. The SMILES string of the molecule is O=S(=O)(O)c1nc2ccc(Cc3ccccc3)cc2[nH]1. The summed E-state index contributed by atoms with van der Waals surface area (Å²) in [7, 11) is -4.30. The molecule has 5 nitrogen and oxygen atoms in total. The smallest absolute Gasteiger partial charge is 0.327 e. The van der Waals surface area contributed by atoms with E-state index >= 15 is 0 Å². The molecule has 3 aromatic rings. The number of aromatic amines is 1. The highest BCUT2D eigenvalue weighted by molar-refractivity contribution is 7.85. The van der Waals surface area contributed by atoms with Crippen LogP contribution in [0, 0.1) is 0 Å². The minimum atomic E-state index is -4.30. The predicted molar refractivity (Wildman–Crippen MR) is 75.2 cm³/mol. The minimum absolute atomic E-state index is 0.427. The van der Waals surface area contributed by atoms with E-state index in [0.717, 1.165) is 12.0 Å². The molecule has 6 heteroatoms. The molecule has 0 atom stereocenters. The van der Waals surface area contributed by atoms with Gasteiger partial charge in [0, 0.05) is 0 Å². The Morgan fingerprint density at radius 3 is 2.50 bits per heavy atom. The zero-order valence-corrected chi connectivity index (χ0v) is 11.3. The molecule has 0 saturated heterocycles. The molecule has 0 fully saturated rings. The maximum absolute atomic E-state index is 11.0. The van der Waals surface area contributed by atoms with E-state index in [0.29, 0.717) is 11.0 Å². The van der Waals surface area contributed by atoms with Crippen molar-refractivity contribution in [2.75, 3.05) is 0 Å². The fourth-order valence-corrected chi connectivity index (χ4v) is 2.55. The summed E-state index contributed by atoms with van der Waals surface area (Å²) < 4.78 is 31.1. The second kappa shape index (κ2) is 4.73. The molecule has 0 aliphatic heterocycles. The van der Waals surface area contributed by atoms with Crippen LogP contribution < -0.4 is 0 Å². The van der Waals surface area contributed by atoms with Crippen LogP contribution in [0.25, 0.3) is 11.0 Å². The molecule has 2 N–H and O–H groups in total. The van der Waals surface area contributed by atoms with Crippen LogP contribution in [0.3, 0.4) is 0 Å². The molecule has 0 spiro atoms. The van der Waals surface area contributed by atoms with E-state index < -0.39 is 15.3 Å². The number of imidazole rings is 1. The van der Waals surface area contributed by atoms with Gasteiger partial charge in [0.2, 0.25) is 0 Å². The van der Waals surface area contributed by atoms with Crippen LogP contribution in [-0.4, -0.2) is 22.9 Å². The molecular weight excluding hydrogens is 276 g/mol. The first-order valence-corrected chi connectivity index (χ1v) is 7.46. The fourth-order valence-electron chi connectivity index (χ4n) is 2.10. The van der Waals surface area contributed by atoms with E-state index in [1.807, 2.05) is 42.5 Å². The molecule has 3 rings (SSSR count). The third kappa shape index (κ3) is 2.56. The lowest BCUT2D eigenvalue weighted by Gasteiger charge is -2.01. The van der Waals surface area contributed by atoms with Crippen LogP contribution >= 0.6 is 0 Å².